The average Bonchev–Trinajstić information content (AvgIpc) is 3.69. The van der Waals surface area contributed by atoms with E-state index < -0.39 is 35.6 Å². The summed E-state index contributed by atoms with van der Waals surface area (Å²) in [6.07, 6.45) is 8.29. The van der Waals surface area contributed by atoms with Crippen molar-refractivity contribution in [1.29, 1.82) is 0 Å². The molecule has 246 valence electrons. The van der Waals surface area contributed by atoms with Gasteiger partial charge in [0.15, 0.2) is 0 Å². The fourth-order valence-electron chi connectivity index (χ4n) is 7.16. The first-order chi connectivity index (χ1) is 21.8. The fourth-order valence-corrected chi connectivity index (χ4v) is 7.16. The molecule has 3 fully saturated rings. The van der Waals surface area contributed by atoms with Crippen molar-refractivity contribution in [2.45, 2.75) is 88.5 Å². The lowest BCUT2D eigenvalue weighted by molar-refractivity contribution is -0.148. The highest BCUT2D eigenvalue weighted by Gasteiger charge is 2.74. The minimum absolute atomic E-state index is 0.0558. The molecular weight excluding hydrogens is 574 g/mol. The van der Waals surface area contributed by atoms with Crippen LogP contribution in [0.15, 0.2) is 55.6 Å². The number of rotatable bonds is 19. The maximum absolute atomic E-state index is 14.3. The molecule has 1 aromatic rings. The molecule has 0 aromatic heterocycles. The van der Waals surface area contributed by atoms with Crippen molar-refractivity contribution in [2.24, 2.45) is 11.8 Å². The van der Waals surface area contributed by atoms with Gasteiger partial charge in [-0.15, -0.1) is 13.2 Å². The number of carbonyl (C=O) groups excluding carboxylic acids is 4. The third-order valence-corrected chi connectivity index (χ3v) is 9.32. The highest BCUT2D eigenvalue weighted by Crippen LogP contribution is 2.58. The van der Waals surface area contributed by atoms with E-state index in [0.29, 0.717) is 58.2 Å². The minimum atomic E-state index is -1.09. The molecule has 4 rings (SSSR count). The number of carbonyl (C=O) groups is 4. The molecule has 3 aliphatic heterocycles. The number of nitrogens with one attached hydrogen (secondary N) is 1. The molecule has 45 heavy (non-hydrogen) atoms. The second-order valence-corrected chi connectivity index (χ2v) is 12.3. The van der Waals surface area contributed by atoms with Crippen molar-refractivity contribution in [3.63, 3.8) is 0 Å². The molecular formula is C35H49N3O7. The second kappa shape index (κ2) is 16.2. The van der Waals surface area contributed by atoms with Crippen molar-refractivity contribution in [3.8, 4) is 0 Å². The Morgan fingerprint density at radius 2 is 1.96 bits per heavy atom. The molecule has 2 bridgehead atoms. The number of unbranched alkanes of at least 4 members (excludes halogenated alkanes) is 3. The lowest BCUT2D eigenvalue weighted by Gasteiger charge is -2.37. The van der Waals surface area contributed by atoms with E-state index >= 15 is 0 Å². The smallest absolute Gasteiger partial charge is 0.306 e. The van der Waals surface area contributed by atoms with Crippen molar-refractivity contribution in [1.82, 2.24) is 15.1 Å². The summed E-state index contributed by atoms with van der Waals surface area (Å²) in [4.78, 5) is 58.4. The molecule has 10 heteroatoms. The zero-order chi connectivity index (χ0) is 32.4. The summed E-state index contributed by atoms with van der Waals surface area (Å²) in [5.74, 6) is -2.72. The Labute approximate surface area is 266 Å². The van der Waals surface area contributed by atoms with Gasteiger partial charge >= 0.3 is 5.97 Å². The second-order valence-electron chi connectivity index (χ2n) is 12.3. The number of fused-ring (bicyclic) bond motifs is 1. The van der Waals surface area contributed by atoms with Gasteiger partial charge in [-0.1, -0.05) is 55.8 Å². The van der Waals surface area contributed by atoms with Crippen LogP contribution in [-0.2, 0) is 28.7 Å². The molecule has 3 heterocycles. The minimum Gasteiger partial charge on any atom is -0.463 e. The Balaban J connectivity index is 1.61. The van der Waals surface area contributed by atoms with Crippen molar-refractivity contribution < 1.29 is 33.8 Å². The summed E-state index contributed by atoms with van der Waals surface area (Å²) < 4.78 is 12.1. The predicted octanol–water partition coefficient (Wildman–Crippen LogP) is 3.71. The summed E-state index contributed by atoms with van der Waals surface area (Å²) in [6.45, 7) is 10.8. The number of nitrogens with zero attached hydrogens (tertiary/aromatic N) is 2. The average molecular weight is 624 g/mol. The van der Waals surface area contributed by atoms with Gasteiger partial charge in [0.2, 0.25) is 17.7 Å². The van der Waals surface area contributed by atoms with Gasteiger partial charge in [0.25, 0.3) is 0 Å². The lowest BCUT2D eigenvalue weighted by atomic mass is 9.70. The molecule has 0 aliphatic carbocycles. The molecule has 6 atom stereocenters. The third kappa shape index (κ3) is 7.49. The van der Waals surface area contributed by atoms with Gasteiger partial charge in [0, 0.05) is 32.7 Å². The summed E-state index contributed by atoms with van der Waals surface area (Å²) in [5, 5.41) is 12.4. The van der Waals surface area contributed by atoms with E-state index in [1.165, 1.54) is 0 Å². The van der Waals surface area contributed by atoms with Crippen LogP contribution in [0.3, 0.4) is 0 Å². The van der Waals surface area contributed by atoms with Gasteiger partial charge in [-0.05, 0) is 50.5 Å². The van der Waals surface area contributed by atoms with Gasteiger partial charge in [0.05, 0.1) is 24.0 Å². The summed E-state index contributed by atoms with van der Waals surface area (Å²) in [6, 6.07) is 7.82. The van der Waals surface area contributed by atoms with E-state index in [-0.39, 0.29) is 43.3 Å². The highest BCUT2D eigenvalue weighted by molar-refractivity contribution is 5.99. The number of ether oxygens (including phenoxy) is 2. The largest absolute Gasteiger partial charge is 0.463 e. The Kier molecular flexibility index (Phi) is 12.4. The maximum Gasteiger partial charge on any atom is 0.306 e. The quantitative estimate of drug-likeness (QED) is 0.137. The van der Waals surface area contributed by atoms with Crippen LogP contribution in [0.1, 0.15) is 76.3 Å². The normalized spacial score (nSPS) is 25.5. The zero-order valence-electron chi connectivity index (χ0n) is 26.5. The molecule has 0 radical (unpaired) electrons. The van der Waals surface area contributed by atoms with Gasteiger partial charge in [-0.3, -0.25) is 19.2 Å². The fraction of sp³-hybridized carbons (Fsp3) is 0.600. The Hall–Kier alpha value is -3.50. The number of allylic oxidation sites excluding steroid dienone is 1. The topological polar surface area (TPSA) is 125 Å². The van der Waals surface area contributed by atoms with E-state index in [2.05, 4.69) is 25.4 Å². The van der Waals surface area contributed by atoms with Crippen LogP contribution >= 0.6 is 0 Å². The van der Waals surface area contributed by atoms with Crippen LogP contribution in [0.2, 0.25) is 0 Å². The van der Waals surface area contributed by atoms with Crippen molar-refractivity contribution in [2.75, 3.05) is 32.8 Å². The van der Waals surface area contributed by atoms with E-state index in [1.807, 2.05) is 30.3 Å². The summed E-state index contributed by atoms with van der Waals surface area (Å²) in [5.41, 5.74) is -0.323. The third-order valence-electron chi connectivity index (χ3n) is 9.32. The number of aliphatic hydroxyl groups excluding tert-OH is 1. The van der Waals surface area contributed by atoms with Crippen LogP contribution in [-0.4, -0.2) is 89.2 Å². The van der Waals surface area contributed by atoms with Crippen LogP contribution in [0.4, 0.5) is 0 Å². The lowest BCUT2D eigenvalue weighted by Crippen LogP contribution is -2.56. The van der Waals surface area contributed by atoms with Crippen molar-refractivity contribution >= 4 is 23.7 Å². The zero-order valence-corrected chi connectivity index (χ0v) is 26.5. The van der Waals surface area contributed by atoms with Crippen molar-refractivity contribution in [3.05, 3.63) is 61.2 Å². The number of hydrogen-bond donors (Lipinski definition) is 2. The Morgan fingerprint density at radius 3 is 2.64 bits per heavy atom. The molecule has 1 spiro atoms. The Morgan fingerprint density at radius 1 is 1.18 bits per heavy atom. The standard InChI is InChI=1S/C35H49N3O7/c1-4-7-17-28(40)44-24-26(25-15-11-9-12-16-25)36-32(41)29-27-18-19-35(45-27)30(29)33(42)38(22-13-10-14-23-39)31(35)34(43)37(20-6-3)21-8-5-2/h4,6,9,11-12,15-16,26-27,29-31,39H,1,3,5,7-8,10,13-14,17-24H2,2H3,(H,36,41)/t26-,27-,29+,30+,31-,35+/m1/s1. The predicted molar refractivity (Wildman–Crippen MR) is 170 cm³/mol. The Bertz CT molecular complexity index is 1210. The number of amides is 3. The maximum atomic E-state index is 14.3. The van der Waals surface area contributed by atoms with E-state index in [1.54, 1.807) is 22.0 Å². The first-order valence-corrected chi connectivity index (χ1v) is 16.4. The molecule has 3 amide bonds. The monoisotopic (exact) mass is 623 g/mol. The molecule has 2 N–H and O–H groups in total. The van der Waals surface area contributed by atoms with Crippen LogP contribution in [0, 0.1) is 11.8 Å². The molecule has 10 nitrogen and oxygen atoms in total. The number of likely N-dealkylation sites (tertiary alicyclic amines) is 1. The molecule has 0 saturated carbocycles. The summed E-state index contributed by atoms with van der Waals surface area (Å²) >= 11 is 0. The van der Waals surface area contributed by atoms with Crippen LogP contribution in [0.25, 0.3) is 0 Å². The number of hydrogen-bond acceptors (Lipinski definition) is 7. The van der Waals surface area contributed by atoms with Gasteiger partial charge in [0.1, 0.15) is 18.2 Å². The number of aliphatic hydroxyl groups is 1. The highest BCUT2D eigenvalue weighted by atomic mass is 16.5. The van der Waals surface area contributed by atoms with Gasteiger partial charge in [-0.2, -0.15) is 0 Å². The first kappa shape index (κ1) is 34.4. The van der Waals surface area contributed by atoms with E-state index in [4.69, 9.17) is 9.47 Å². The van der Waals surface area contributed by atoms with E-state index in [0.717, 1.165) is 18.4 Å². The molecule has 1 aromatic carbocycles. The first-order valence-electron chi connectivity index (χ1n) is 16.4. The number of benzene rings is 1. The summed E-state index contributed by atoms with van der Waals surface area (Å²) in [7, 11) is 0. The van der Waals surface area contributed by atoms with Gasteiger partial charge < -0.3 is 29.7 Å². The molecule has 3 saturated heterocycles. The number of esters is 1. The molecule has 3 aliphatic rings. The molecule has 0 unspecified atom stereocenters. The SMILES string of the molecule is C=CCCC(=O)OC[C@@H](NC(=O)[C@@H]1[C@H]2C(=O)N(CCCCCO)[C@H](C(=O)N(CC=C)CCCC)[C@]23CC[C@H]1O3)c1ccccc1. The van der Waals surface area contributed by atoms with Crippen LogP contribution < -0.4 is 5.32 Å². The van der Waals surface area contributed by atoms with E-state index in [9.17, 15) is 24.3 Å². The van der Waals surface area contributed by atoms with Crippen LogP contribution in [0.5, 0.6) is 0 Å². The van der Waals surface area contributed by atoms with Gasteiger partial charge in [-0.25, -0.2) is 0 Å².